The molecule has 8 nitrogen and oxygen atoms in total. The van der Waals surface area contributed by atoms with E-state index < -0.39 is 35.3 Å². The number of amides is 3. The summed E-state index contributed by atoms with van der Waals surface area (Å²) in [5.74, 6) is -1.30. The van der Waals surface area contributed by atoms with E-state index in [0.29, 0.717) is 24.3 Å². The van der Waals surface area contributed by atoms with Gasteiger partial charge in [-0.1, -0.05) is 12.1 Å². The van der Waals surface area contributed by atoms with Crippen LogP contribution in [-0.4, -0.2) is 42.8 Å². The molecule has 3 amide bonds. The van der Waals surface area contributed by atoms with E-state index in [2.05, 4.69) is 10.6 Å². The molecule has 1 heterocycles. The molecule has 1 aliphatic carbocycles. The number of aryl methyl sites for hydroxylation is 1. The molecule has 2 aliphatic rings. The summed E-state index contributed by atoms with van der Waals surface area (Å²) >= 11 is 0. The summed E-state index contributed by atoms with van der Waals surface area (Å²) in [5.41, 5.74) is -0.378. The molecule has 1 aromatic rings. The molecule has 1 saturated carbocycles. The van der Waals surface area contributed by atoms with E-state index >= 15 is 0 Å². The number of benzene rings is 1. The van der Waals surface area contributed by atoms with Gasteiger partial charge in [0, 0.05) is 5.92 Å². The monoisotopic (exact) mass is 348 g/mol. The van der Waals surface area contributed by atoms with Crippen molar-refractivity contribution in [3.63, 3.8) is 0 Å². The van der Waals surface area contributed by atoms with E-state index in [1.54, 1.807) is 6.07 Å². The van der Waals surface area contributed by atoms with E-state index in [-0.39, 0.29) is 6.42 Å². The largest absolute Gasteiger partial charge is 0.493 e. The third-order valence-corrected chi connectivity index (χ3v) is 4.98. The molecule has 0 radical (unpaired) electrons. The quantitative estimate of drug-likeness (QED) is 0.632. The molecule has 1 unspecified atom stereocenters. The molecular formula is C17H20N2O6. The third kappa shape index (κ3) is 2.88. The van der Waals surface area contributed by atoms with E-state index in [4.69, 9.17) is 9.47 Å². The standard InChI is InChI=1S/C17H20N2O6/c1-24-12-5-3-4-9(13(12)25-2)6-7-17(11-8-10(11)14(20)21)15(22)18-16(23)19-17/h3-5,10-11H,6-8H2,1-2H3,(H,20,21)(H2,18,19,22,23)/t10-,11-,17?/m0/s1. The first kappa shape index (κ1) is 17.1. The smallest absolute Gasteiger partial charge is 0.322 e. The fourth-order valence-electron chi connectivity index (χ4n) is 3.62. The van der Waals surface area contributed by atoms with Gasteiger partial charge in [0.1, 0.15) is 5.54 Å². The number of rotatable bonds is 7. The van der Waals surface area contributed by atoms with Crippen LogP contribution < -0.4 is 20.1 Å². The zero-order valence-electron chi connectivity index (χ0n) is 14.0. The summed E-state index contributed by atoms with van der Waals surface area (Å²) in [6, 6.07) is 4.85. The van der Waals surface area contributed by atoms with Gasteiger partial charge in [-0.15, -0.1) is 0 Å². The highest BCUT2D eigenvalue weighted by Gasteiger charge is 2.62. The van der Waals surface area contributed by atoms with Crippen molar-refractivity contribution in [1.82, 2.24) is 10.6 Å². The van der Waals surface area contributed by atoms with Gasteiger partial charge >= 0.3 is 12.0 Å². The van der Waals surface area contributed by atoms with Crippen LogP contribution in [0.2, 0.25) is 0 Å². The fraction of sp³-hybridized carbons (Fsp3) is 0.471. The van der Waals surface area contributed by atoms with Crippen molar-refractivity contribution in [3.8, 4) is 11.5 Å². The first-order valence-electron chi connectivity index (χ1n) is 7.99. The average molecular weight is 348 g/mol. The second kappa shape index (κ2) is 6.27. The van der Waals surface area contributed by atoms with Crippen LogP contribution >= 0.6 is 0 Å². The van der Waals surface area contributed by atoms with Crippen LogP contribution in [0.4, 0.5) is 4.79 Å². The molecule has 0 bridgehead atoms. The van der Waals surface area contributed by atoms with Crippen LogP contribution in [0.1, 0.15) is 18.4 Å². The van der Waals surface area contributed by atoms with E-state index in [0.717, 1.165) is 5.56 Å². The lowest BCUT2D eigenvalue weighted by Gasteiger charge is -2.26. The van der Waals surface area contributed by atoms with Crippen LogP contribution in [0.25, 0.3) is 0 Å². The zero-order chi connectivity index (χ0) is 18.2. The maximum absolute atomic E-state index is 12.4. The second-order valence-electron chi connectivity index (χ2n) is 6.32. The number of carboxylic acids is 1. The SMILES string of the molecule is COc1cccc(CCC2([C@H]3C[C@@H]3C(=O)O)NC(=O)NC2=O)c1OC. The Kier molecular flexibility index (Phi) is 4.28. The summed E-state index contributed by atoms with van der Waals surface area (Å²) in [6.07, 6.45) is 1.08. The maximum atomic E-state index is 12.4. The Labute approximate surface area is 144 Å². The van der Waals surface area contributed by atoms with Gasteiger partial charge < -0.3 is 19.9 Å². The molecule has 134 valence electrons. The molecule has 3 rings (SSSR count). The maximum Gasteiger partial charge on any atom is 0.322 e. The van der Waals surface area contributed by atoms with Gasteiger partial charge in [0.25, 0.3) is 5.91 Å². The normalized spacial score (nSPS) is 27.4. The summed E-state index contributed by atoms with van der Waals surface area (Å²) in [5, 5.41) is 14.1. The van der Waals surface area contributed by atoms with Crippen LogP contribution in [0.3, 0.4) is 0 Å². The Balaban J connectivity index is 1.85. The van der Waals surface area contributed by atoms with E-state index in [9.17, 15) is 19.5 Å². The molecule has 0 spiro atoms. The number of imide groups is 1. The number of carboxylic acid groups (broad SMARTS) is 1. The molecule has 3 N–H and O–H groups in total. The van der Waals surface area contributed by atoms with E-state index in [1.165, 1.54) is 14.2 Å². The lowest BCUT2D eigenvalue weighted by atomic mass is 9.85. The number of hydrogen-bond acceptors (Lipinski definition) is 5. The predicted molar refractivity (Wildman–Crippen MR) is 86.5 cm³/mol. The highest BCUT2D eigenvalue weighted by atomic mass is 16.5. The minimum absolute atomic E-state index is 0.280. The molecule has 0 aromatic heterocycles. The van der Waals surface area contributed by atoms with Crippen LogP contribution in [0.15, 0.2) is 18.2 Å². The van der Waals surface area contributed by atoms with Crippen molar-refractivity contribution < 1.29 is 29.0 Å². The summed E-state index contributed by atoms with van der Waals surface area (Å²) in [4.78, 5) is 35.3. The number of carbonyl (C=O) groups is 3. The molecule has 1 aliphatic heterocycles. The Morgan fingerprint density at radius 1 is 1.32 bits per heavy atom. The minimum atomic E-state index is -1.20. The van der Waals surface area contributed by atoms with Crippen molar-refractivity contribution in [3.05, 3.63) is 23.8 Å². The number of nitrogens with one attached hydrogen (secondary N) is 2. The number of hydrogen-bond donors (Lipinski definition) is 3. The summed E-state index contributed by atoms with van der Waals surface area (Å²) < 4.78 is 10.7. The fourth-order valence-corrected chi connectivity index (χ4v) is 3.62. The predicted octanol–water partition coefficient (Wildman–Crippen LogP) is 0.935. The van der Waals surface area contributed by atoms with Gasteiger partial charge in [-0.2, -0.15) is 0 Å². The van der Waals surface area contributed by atoms with Crippen LogP contribution in [-0.2, 0) is 16.0 Å². The Bertz CT molecular complexity index is 734. The molecule has 1 saturated heterocycles. The summed E-state index contributed by atoms with van der Waals surface area (Å²) in [6.45, 7) is 0. The lowest BCUT2D eigenvalue weighted by Crippen LogP contribution is -2.50. The Hall–Kier alpha value is -2.77. The number of aliphatic carboxylic acids is 1. The van der Waals surface area contributed by atoms with E-state index in [1.807, 2.05) is 12.1 Å². The first-order chi connectivity index (χ1) is 11.9. The van der Waals surface area contributed by atoms with Crippen molar-refractivity contribution in [2.75, 3.05) is 14.2 Å². The molecular weight excluding hydrogens is 328 g/mol. The average Bonchev–Trinajstić information content (AvgIpc) is 3.34. The van der Waals surface area contributed by atoms with Gasteiger partial charge in [0.15, 0.2) is 11.5 Å². The number of carbonyl (C=O) groups excluding carboxylic acids is 2. The Morgan fingerprint density at radius 2 is 2.08 bits per heavy atom. The molecule has 3 atom stereocenters. The molecule has 1 aromatic carbocycles. The topological polar surface area (TPSA) is 114 Å². The highest BCUT2D eigenvalue weighted by Crippen LogP contribution is 2.49. The minimum Gasteiger partial charge on any atom is -0.493 e. The van der Waals surface area contributed by atoms with Gasteiger partial charge in [-0.25, -0.2) is 4.79 Å². The van der Waals surface area contributed by atoms with Crippen LogP contribution in [0, 0.1) is 11.8 Å². The number of methoxy groups -OCH3 is 2. The van der Waals surface area contributed by atoms with Gasteiger partial charge in [0.05, 0.1) is 20.1 Å². The number of ether oxygens (including phenoxy) is 2. The molecule has 2 fully saturated rings. The van der Waals surface area contributed by atoms with Crippen LogP contribution in [0.5, 0.6) is 11.5 Å². The van der Waals surface area contributed by atoms with Gasteiger partial charge in [-0.05, 0) is 30.9 Å². The number of para-hydroxylation sites is 1. The lowest BCUT2D eigenvalue weighted by molar-refractivity contribution is -0.139. The second-order valence-corrected chi connectivity index (χ2v) is 6.32. The van der Waals surface area contributed by atoms with Crippen molar-refractivity contribution in [1.29, 1.82) is 0 Å². The molecule has 8 heteroatoms. The summed E-state index contributed by atoms with van der Waals surface area (Å²) in [7, 11) is 3.07. The van der Waals surface area contributed by atoms with Gasteiger partial charge in [-0.3, -0.25) is 14.9 Å². The van der Waals surface area contributed by atoms with Gasteiger partial charge in [0.2, 0.25) is 0 Å². The van der Waals surface area contributed by atoms with Crippen molar-refractivity contribution in [2.45, 2.75) is 24.8 Å². The third-order valence-electron chi connectivity index (χ3n) is 4.98. The highest BCUT2D eigenvalue weighted by molar-refractivity contribution is 6.08. The first-order valence-corrected chi connectivity index (χ1v) is 7.99. The van der Waals surface area contributed by atoms with Crippen molar-refractivity contribution in [2.24, 2.45) is 11.8 Å². The Morgan fingerprint density at radius 3 is 2.60 bits per heavy atom. The zero-order valence-corrected chi connectivity index (χ0v) is 14.0. The molecule has 25 heavy (non-hydrogen) atoms. The number of urea groups is 1. The van der Waals surface area contributed by atoms with Crippen molar-refractivity contribution >= 4 is 17.9 Å².